The lowest BCUT2D eigenvalue weighted by molar-refractivity contribution is -0.118. The zero-order valence-corrected chi connectivity index (χ0v) is 8.21. The third-order valence-electron chi connectivity index (χ3n) is 2.23. The summed E-state index contributed by atoms with van der Waals surface area (Å²) < 4.78 is 0. The lowest BCUT2D eigenvalue weighted by Gasteiger charge is -2.09. The molecule has 1 aromatic heterocycles. The number of amides is 1. The number of aromatic nitrogens is 1. The number of hydrogen-bond acceptors (Lipinski definition) is 3. The normalized spacial score (nSPS) is 17.6. The van der Waals surface area contributed by atoms with Gasteiger partial charge in [0.05, 0.1) is 10.6 Å². The van der Waals surface area contributed by atoms with Crippen LogP contribution in [0.4, 0.5) is 5.82 Å². The van der Waals surface area contributed by atoms with Crippen LogP contribution >= 0.6 is 11.6 Å². The molecular weight excluding hydrogens is 202 g/mol. The van der Waals surface area contributed by atoms with Crippen LogP contribution < -0.4 is 11.1 Å². The predicted molar refractivity (Wildman–Crippen MR) is 54.0 cm³/mol. The average Bonchev–Trinajstić information content (AvgIpc) is 2.89. The Morgan fingerprint density at radius 3 is 2.93 bits per heavy atom. The van der Waals surface area contributed by atoms with Crippen molar-refractivity contribution in [3.05, 3.63) is 23.4 Å². The molecular formula is C9H10ClN3O. The molecule has 0 radical (unpaired) electrons. The zero-order valence-electron chi connectivity index (χ0n) is 7.46. The Kier molecular flexibility index (Phi) is 2.17. The van der Waals surface area contributed by atoms with Gasteiger partial charge in [-0.3, -0.25) is 4.79 Å². The van der Waals surface area contributed by atoms with Gasteiger partial charge in [0.25, 0.3) is 0 Å². The van der Waals surface area contributed by atoms with E-state index >= 15 is 0 Å². The molecule has 0 atom stereocenters. The molecule has 1 aliphatic rings. The number of halogens is 1. The fraction of sp³-hybridized carbons (Fsp3) is 0.333. The molecule has 0 aromatic carbocycles. The summed E-state index contributed by atoms with van der Waals surface area (Å²) in [5.41, 5.74) is 5.01. The van der Waals surface area contributed by atoms with Crippen LogP contribution in [0, 0.1) is 0 Å². The molecule has 1 fully saturated rings. The molecule has 1 saturated carbocycles. The summed E-state index contributed by atoms with van der Waals surface area (Å²) in [6.45, 7) is 0. The van der Waals surface area contributed by atoms with Gasteiger partial charge in [0.1, 0.15) is 0 Å². The Balaban J connectivity index is 2.11. The topological polar surface area (TPSA) is 68.0 Å². The maximum atomic E-state index is 11.5. The summed E-state index contributed by atoms with van der Waals surface area (Å²) in [6, 6.07) is 3.37. The number of carbonyl (C=O) groups is 1. The molecule has 14 heavy (non-hydrogen) atoms. The molecule has 0 spiro atoms. The molecule has 4 nitrogen and oxygen atoms in total. The van der Waals surface area contributed by atoms with Crippen LogP contribution in [0.25, 0.3) is 0 Å². The zero-order chi connectivity index (χ0) is 10.2. The molecule has 1 heterocycles. The van der Waals surface area contributed by atoms with Gasteiger partial charge in [-0.1, -0.05) is 11.6 Å². The van der Waals surface area contributed by atoms with Gasteiger partial charge < -0.3 is 11.1 Å². The average molecular weight is 212 g/mol. The van der Waals surface area contributed by atoms with E-state index in [1.165, 1.54) is 0 Å². The van der Waals surface area contributed by atoms with Crippen LogP contribution in [0.15, 0.2) is 18.3 Å². The van der Waals surface area contributed by atoms with Gasteiger partial charge in [-0.2, -0.15) is 0 Å². The van der Waals surface area contributed by atoms with Gasteiger partial charge in [-0.15, -0.1) is 0 Å². The molecule has 2 rings (SSSR count). The molecule has 1 aromatic rings. The minimum Gasteiger partial charge on any atom is -0.317 e. The highest BCUT2D eigenvalue weighted by atomic mass is 35.5. The highest BCUT2D eigenvalue weighted by Gasteiger charge is 2.46. The molecule has 5 heteroatoms. The molecule has 0 bridgehead atoms. The second-order valence-corrected chi connectivity index (χ2v) is 3.85. The van der Waals surface area contributed by atoms with Gasteiger partial charge in [0, 0.05) is 6.20 Å². The Morgan fingerprint density at radius 1 is 1.64 bits per heavy atom. The van der Waals surface area contributed by atoms with E-state index in [1.54, 1.807) is 18.3 Å². The summed E-state index contributed by atoms with van der Waals surface area (Å²) in [4.78, 5) is 15.5. The molecule has 0 saturated heterocycles. The number of nitrogens with one attached hydrogen (secondary N) is 1. The number of carbonyl (C=O) groups excluding carboxylic acids is 1. The SMILES string of the molecule is NC1(C(=O)Nc2ncccc2Cl)CC1. The standard InChI is InChI=1S/C9H10ClN3O/c10-6-2-1-5-12-7(6)13-8(14)9(11)3-4-9/h1-2,5H,3-4,11H2,(H,12,13,14). The van der Waals surface area contributed by atoms with Crippen molar-refractivity contribution in [2.75, 3.05) is 5.32 Å². The molecule has 0 unspecified atom stereocenters. The quantitative estimate of drug-likeness (QED) is 0.772. The van der Waals surface area contributed by atoms with Gasteiger partial charge in [-0.05, 0) is 25.0 Å². The van der Waals surface area contributed by atoms with Crippen LogP contribution in [0.1, 0.15) is 12.8 Å². The first-order chi connectivity index (χ1) is 6.62. The van der Waals surface area contributed by atoms with Crippen LogP contribution in [-0.2, 0) is 4.79 Å². The second kappa shape index (κ2) is 3.22. The number of anilines is 1. The third-order valence-corrected chi connectivity index (χ3v) is 2.54. The van der Waals surface area contributed by atoms with Crippen LogP contribution in [0.5, 0.6) is 0 Å². The lowest BCUT2D eigenvalue weighted by Crippen LogP contribution is -2.38. The van der Waals surface area contributed by atoms with E-state index in [0.717, 1.165) is 12.8 Å². The first kappa shape index (κ1) is 9.43. The van der Waals surface area contributed by atoms with Crippen LogP contribution in [0.2, 0.25) is 5.02 Å². The maximum Gasteiger partial charge on any atom is 0.245 e. The molecule has 0 aliphatic heterocycles. The van der Waals surface area contributed by atoms with Crippen molar-refractivity contribution < 1.29 is 4.79 Å². The molecule has 1 aliphatic carbocycles. The van der Waals surface area contributed by atoms with E-state index < -0.39 is 5.54 Å². The summed E-state index contributed by atoms with van der Waals surface area (Å²) in [5, 5.41) is 3.03. The van der Waals surface area contributed by atoms with E-state index in [1.807, 2.05) is 0 Å². The van der Waals surface area contributed by atoms with Crippen LogP contribution in [0.3, 0.4) is 0 Å². The Morgan fingerprint density at radius 2 is 2.36 bits per heavy atom. The predicted octanol–water partition coefficient (Wildman–Crippen LogP) is 1.16. The maximum absolute atomic E-state index is 11.5. The summed E-state index contributed by atoms with van der Waals surface area (Å²) in [5.74, 6) is 0.161. The third kappa shape index (κ3) is 1.71. The Bertz CT molecular complexity index is 376. The minimum atomic E-state index is -0.694. The molecule has 74 valence electrons. The highest BCUT2D eigenvalue weighted by Crippen LogP contribution is 2.33. The van der Waals surface area contributed by atoms with E-state index in [-0.39, 0.29) is 5.91 Å². The van der Waals surface area contributed by atoms with Gasteiger partial charge in [0.15, 0.2) is 5.82 Å². The van der Waals surface area contributed by atoms with Gasteiger partial charge in [0.2, 0.25) is 5.91 Å². The van der Waals surface area contributed by atoms with E-state index in [4.69, 9.17) is 17.3 Å². The number of nitrogens with zero attached hydrogens (tertiary/aromatic N) is 1. The van der Waals surface area contributed by atoms with Crippen molar-refractivity contribution in [1.82, 2.24) is 4.98 Å². The lowest BCUT2D eigenvalue weighted by atomic mass is 10.3. The van der Waals surface area contributed by atoms with Crippen molar-refractivity contribution in [3.63, 3.8) is 0 Å². The number of pyridine rings is 1. The van der Waals surface area contributed by atoms with Crippen molar-refractivity contribution in [1.29, 1.82) is 0 Å². The fourth-order valence-electron chi connectivity index (χ4n) is 1.07. The molecule has 3 N–H and O–H groups in total. The van der Waals surface area contributed by atoms with Crippen molar-refractivity contribution in [3.8, 4) is 0 Å². The Hall–Kier alpha value is -1.13. The van der Waals surface area contributed by atoms with Crippen molar-refractivity contribution >= 4 is 23.3 Å². The first-order valence-electron chi connectivity index (χ1n) is 4.33. The minimum absolute atomic E-state index is 0.210. The van der Waals surface area contributed by atoms with Crippen molar-refractivity contribution in [2.45, 2.75) is 18.4 Å². The summed E-state index contributed by atoms with van der Waals surface area (Å²) in [6.07, 6.45) is 3.02. The largest absolute Gasteiger partial charge is 0.317 e. The first-order valence-corrected chi connectivity index (χ1v) is 4.70. The van der Waals surface area contributed by atoms with E-state index in [0.29, 0.717) is 10.8 Å². The number of nitrogens with two attached hydrogens (primary N) is 1. The molecule has 1 amide bonds. The van der Waals surface area contributed by atoms with E-state index in [9.17, 15) is 4.79 Å². The van der Waals surface area contributed by atoms with Crippen molar-refractivity contribution in [2.24, 2.45) is 5.73 Å². The monoisotopic (exact) mass is 211 g/mol. The summed E-state index contributed by atoms with van der Waals surface area (Å²) >= 11 is 5.82. The van der Waals surface area contributed by atoms with Gasteiger partial charge >= 0.3 is 0 Å². The number of hydrogen-bond donors (Lipinski definition) is 2. The van der Waals surface area contributed by atoms with Gasteiger partial charge in [-0.25, -0.2) is 4.98 Å². The van der Waals surface area contributed by atoms with E-state index in [2.05, 4.69) is 10.3 Å². The Labute approximate surface area is 86.5 Å². The fourth-order valence-corrected chi connectivity index (χ4v) is 1.24. The smallest absolute Gasteiger partial charge is 0.245 e. The highest BCUT2D eigenvalue weighted by molar-refractivity contribution is 6.33. The second-order valence-electron chi connectivity index (χ2n) is 3.44. The van der Waals surface area contributed by atoms with Crippen LogP contribution in [-0.4, -0.2) is 16.4 Å². The number of rotatable bonds is 2. The summed E-state index contributed by atoms with van der Waals surface area (Å²) in [7, 11) is 0.